The molecule has 0 aromatic rings. The average molecular weight is 680 g/mol. The molecule has 0 amide bonds. The second kappa shape index (κ2) is 22.6. The molecule has 5 atom stereocenters. The maximum Gasteiger partial charge on any atom is 1.00 e. The van der Waals surface area contributed by atoms with Crippen LogP contribution in [0.3, 0.4) is 0 Å². The monoisotopic (exact) mass is 679 g/mol. The summed E-state index contributed by atoms with van der Waals surface area (Å²) in [6.45, 7) is 16.7. The summed E-state index contributed by atoms with van der Waals surface area (Å²) < 4.78 is 18.8. The molecule has 17 heteroatoms. The van der Waals surface area contributed by atoms with Crippen LogP contribution in [0.4, 0.5) is 0 Å². The van der Waals surface area contributed by atoms with Gasteiger partial charge in [0.2, 0.25) is 15.3 Å². The number of aliphatic hydroxyl groups excluding tert-OH is 1. The second-order valence-electron chi connectivity index (χ2n) is 11.1. The van der Waals surface area contributed by atoms with Gasteiger partial charge < -0.3 is 33.3 Å². The fourth-order valence-corrected chi connectivity index (χ4v) is 17.7. The van der Waals surface area contributed by atoms with E-state index < -0.39 is 40.3 Å². The van der Waals surface area contributed by atoms with E-state index in [2.05, 4.69) is 83.6 Å². The van der Waals surface area contributed by atoms with Crippen LogP contribution in [-0.2, 0) is 13.3 Å². The predicted octanol–water partition coefficient (Wildman–Crippen LogP) is 2.38. The van der Waals surface area contributed by atoms with Crippen molar-refractivity contribution < 1.29 is 37.2 Å². The maximum absolute atomic E-state index is 9.47. The first-order valence-electron chi connectivity index (χ1n) is 12.4. The summed E-state index contributed by atoms with van der Waals surface area (Å²) in [7, 11) is 9.24. The van der Waals surface area contributed by atoms with E-state index >= 15 is 0 Å². The van der Waals surface area contributed by atoms with E-state index in [1.54, 1.807) is 21.3 Å². The average Bonchev–Trinajstić information content (AvgIpc) is 3.21. The summed E-state index contributed by atoms with van der Waals surface area (Å²) in [4.78, 5) is 4.68. The van der Waals surface area contributed by atoms with Crippen molar-refractivity contribution in [2.24, 2.45) is 5.73 Å². The molecule has 1 heterocycles. The maximum atomic E-state index is 9.47. The van der Waals surface area contributed by atoms with Gasteiger partial charge in [0, 0.05) is 21.3 Å². The molecule has 37 heavy (non-hydrogen) atoms. The number of nitrogens with two attached hydrogens (primary N) is 1. The van der Waals surface area contributed by atoms with Gasteiger partial charge in [0.05, 0.1) is 6.23 Å². The Hall–Kier alpha value is 3.12. The summed E-state index contributed by atoms with van der Waals surface area (Å²) in [5, 5.41) is 9.47. The van der Waals surface area contributed by atoms with Gasteiger partial charge in [-0.05, 0) is 44.1 Å². The van der Waals surface area contributed by atoms with Gasteiger partial charge in [-0.2, -0.15) is 6.54 Å². The van der Waals surface area contributed by atoms with E-state index in [1.165, 1.54) is 6.42 Å². The molecule has 0 aromatic heterocycles. The molecular formula is C20H62LiN3O4P4Si5. The third kappa shape index (κ3) is 23.3. The summed E-state index contributed by atoms with van der Waals surface area (Å²) in [6, 6.07) is 3.37. The van der Waals surface area contributed by atoms with Gasteiger partial charge in [0.25, 0.3) is 8.48 Å². The number of hydrogen-bond acceptors (Lipinski definition) is 6. The largest absolute Gasteiger partial charge is 1.00 e. The SMILES string of the molecule is C.CO[Si](P)(P)CCCN.CO[Si](P)(P)CCC[N-][Si](C)(C)C.CO[Si]1(CO)CCCN1[Si](C)(C)C.[Li+]. The Morgan fingerprint density at radius 3 is 1.68 bits per heavy atom. The van der Waals surface area contributed by atoms with E-state index in [1.807, 2.05) is 0 Å². The van der Waals surface area contributed by atoms with Crippen molar-refractivity contribution in [2.45, 2.75) is 84.1 Å². The standard InChI is InChI=1S/C8H21NO2Si2.C7H22NOP2Si2.C4H15NOP2Si.CH4.Li/c1-11-13(8-10)7-5-6-9(13)12(2,3)4;1-9-13(10,11)7-5-6-8-12(2,3)4;1-6-9(7,8)4-2-3-5;;/h10H,5-8H2,1-4H3;5-7,10-11H2,1-4H3;2-5,7-8H2,1H3;1H4;/q;-1;;;+1. The van der Waals surface area contributed by atoms with Crippen molar-refractivity contribution in [1.29, 1.82) is 0 Å². The molecule has 1 fully saturated rings. The Morgan fingerprint density at radius 2 is 1.38 bits per heavy atom. The van der Waals surface area contributed by atoms with Crippen molar-refractivity contribution >= 4 is 75.4 Å². The van der Waals surface area contributed by atoms with Crippen LogP contribution in [-0.4, -0.2) is 96.8 Å². The molecule has 0 bridgehead atoms. The van der Waals surface area contributed by atoms with E-state index in [4.69, 9.17) is 19.0 Å². The van der Waals surface area contributed by atoms with Crippen LogP contribution in [0.5, 0.6) is 0 Å². The van der Waals surface area contributed by atoms with Crippen LogP contribution >= 0.6 is 35.2 Å². The molecule has 1 aliphatic rings. The number of aliphatic hydroxyl groups is 1. The number of rotatable bonds is 13. The molecule has 0 aromatic carbocycles. The normalized spacial score (nSPS) is 18.6. The third-order valence-corrected chi connectivity index (χ3v) is 25.7. The van der Waals surface area contributed by atoms with Gasteiger partial charge in [-0.25, -0.2) is 0 Å². The van der Waals surface area contributed by atoms with Crippen molar-refractivity contribution in [3.63, 3.8) is 0 Å². The van der Waals surface area contributed by atoms with Crippen LogP contribution in [0.1, 0.15) is 26.7 Å². The first-order chi connectivity index (χ1) is 15.8. The van der Waals surface area contributed by atoms with Gasteiger partial charge in [0.1, 0.15) is 8.24 Å². The third-order valence-electron chi connectivity index (χ3n) is 5.72. The summed E-state index contributed by atoms with van der Waals surface area (Å²) in [5.74, 6) is 0. The fourth-order valence-electron chi connectivity index (χ4n) is 3.59. The Labute approximate surface area is 257 Å². The quantitative estimate of drug-likeness (QED) is 0.177. The van der Waals surface area contributed by atoms with Gasteiger partial charge in [0.15, 0.2) is 0 Å². The second-order valence-corrected chi connectivity index (χ2v) is 46.1. The summed E-state index contributed by atoms with van der Waals surface area (Å²) in [6.07, 6.45) is 3.68. The van der Waals surface area contributed by atoms with Crippen LogP contribution in [0.15, 0.2) is 0 Å². The van der Waals surface area contributed by atoms with E-state index in [0.29, 0.717) is 0 Å². The van der Waals surface area contributed by atoms with Crippen LogP contribution in [0.25, 0.3) is 4.98 Å². The molecule has 3 N–H and O–H groups in total. The minimum atomic E-state index is -1.89. The molecule has 1 aliphatic heterocycles. The molecule has 1 saturated heterocycles. The van der Waals surface area contributed by atoms with Gasteiger partial charge in [-0.3, -0.25) is 0 Å². The zero-order chi connectivity index (χ0) is 28.0. The van der Waals surface area contributed by atoms with Gasteiger partial charge >= 0.3 is 18.9 Å². The van der Waals surface area contributed by atoms with E-state index in [-0.39, 0.29) is 32.5 Å². The van der Waals surface area contributed by atoms with Gasteiger partial charge in [-0.15, -0.1) is 35.2 Å². The smallest absolute Gasteiger partial charge is 0.665 e. The van der Waals surface area contributed by atoms with Crippen molar-refractivity contribution in [1.82, 2.24) is 4.23 Å². The molecule has 222 valence electrons. The Morgan fingerprint density at radius 1 is 0.919 bits per heavy atom. The molecule has 5 unspecified atom stereocenters. The first-order valence-corrected chi connectivity index (χ1v) is 33.1. The molecule has 0 spiro atoms. The predicted molar refractivity (Wildman–Crippen MR) is 190 cm³/mol. The Bertz CT molecular complexity index is 563. The summed E-state index contributed by atoms with van der Waals surface area (Å²) in [5.41, 5.74) is 5.34. The molecule has 0 aliphatic carbocycles. The van der Waals surface area contributed by atoms with Crippen molar-refractivity contribution in [3.8, 4) is 0 Å². The molecule has 1 rings (SSSR count). The van der Waals surface area contributed by atoms with Crippen LogP contribution in [0, 0.1) is 0 Å². The zero-order valence-corrected chi connectivity index (χ0v) is 34.6. The van der Waals surface area contributed by atoms with Gasteiger partial charge in [-0.1, -0.05) is 61.4 Å². The van der Waals surface area contributed by atoms with E-state index in [0.717, 1.165) is 50.6 Å². The zero-order valence-electron chi connectivity index (χ0n) is 25.0. The molecule has 0 radical (unpaired) electrons. The molecule has 0 saturated carbocycles. The number of hydrogen-bond donors (Lipinski definition) is 2. The Kier molecular flexibility index (Phi) is 28.8. The summed E-state index contributed by atoms with van der Waals surface area (Å²) >= 11 is 0. The topological polar surface area (TPSA) is 91.3 Å². The number of nitrogens with zero attached hydrogens (tertiary/aromatic N) is 2. The molecular weight excluding hydrogens is 618 g/mol. The van der Waals surface area contributed by atoms with Crippen molar-refractivity contribution in [2.75, 3.05) is 47.2 Å². The van der Waals surface area contributed by atoms with Crippen LogP contribution in [0.2, 0.25) is 57.4 Å². The first kappa shape index (κ1) is 47.1. The van der Waals surface area contributed by atoms with Crippen LogP contribution < -0.4 is 24.6 Å². The fraction of sp³-hybridized carbons (Fsp3) is 1.00. The minimum absolute atomic E-state index is 0. The molecule has 7 nitrogen and oxygen atoms in total. The van der Waals surface area contributed by atoms with E-state index in [9.17, 15) is 5.11 Å². The van der Waals surface area contributed by atoms with Crippen molar-refractivity contribution in [3.05, 3.63) is 4.98 Å². The minimum Gasteiger partial charge on any atom is -0.665 e. The Balaban J connectivity index is -0.000000219.